The van der Waals surface area contributed by atoms with Crippen molar-refractivity contribution in [2.75, 3.05) is 26.7 Å². The molecule has 0 saturated carbocycles. The van der Waals surface area contributed by atoms with Crippen molar-refractivity contribution in [2.24, 2.45) is 0 Å². The number of aromatic nitrogens is 2. The molecule has 1 amide bonds. The van der Waals surface area contributed by atoms with Crippen molar-refractivity contribution in [1.82, 2.24) is 20.0 Å². The number of amides is 1. The summed E-state index contributed by atoms with van der Waals surface area (Å²) < 4.78 is 0. The van der Waals surface area contributed by atoms with E-state index in [4.69, 9.17) is 0 Å². The number of aryl methyl sites for hydroxylation is 1. The maximum atomic E-state index is 13.0. The predicted octanol–water partition coefficient (Wildman–Crippen LogP) is 3.46. The fourth-order valence-electron chi connectivity index (χ4n) is 4.97. The second-order valence-electron chi connectivity index (χ2n) is 8.22. The molecule has 0 bridgehead atoms. The minimum atomic E-state index is 0.141. The van der Waals surface area contributed by atoms with Crippen LogP contribution in [0.2, 0.25) is 0 Å². The summed E-state index contributed by atoms with van der Waals surface area (Å²) >= 11 is 0. The van der Waals surface area contributed by atoms with Gasteiger partial charge in [-0.25, -0.2) is 0 Å². The monoisotopic (exact) mass is 366 g/mol. The van der Waals surface area contributed by atoms with Crippen LogP contribution in [-0.2, 0) is 6.42 Å². The van der Waals surface area contributed by atoms with Gasteiger partial charge in [-0.1, -0.05) is 43.7 Å². The first kappa shape index (κ1) is 18.2. The standard InChI is InChI=1S/C22H30N4O/c1-3-7-20-19(15-23-24-20)21(27)26-12-10-22(11-13-26)14-18(16-25(22)2)17-8-5-4-6-9-17/h4-6,8-9,15,18H,3,7,10-14,16H2,1-2H3,(H,23,24)/t18-/m0/s1. The third-order valence-corrected chi connectivity index (χ3v) is 6.63. The second kappa shape index (κ2) is 7.47. The van der Waals surface area contributed by atoms with Crippen LogP contribution >= 0.6 is 0 Å². The minimum Gasteiger partial charge on any atom is -0.338 e. The van der Waals surface area contributed by atoms with E-state index in [1.165, 1.54) is 12.0 Å². The van der Waals surface area contributed by atoms with Crippen LogP contribution in [0.3, 0.4) is 0 Å². The summed E-state index contributed by atoms with van der Waals surface area (Å²) in [6.45, 7) is 4.90. The molecule has 4 rings (SSSR count). The molecular formula is C22H30N4O. The zero-order chi connectivity index (χ0) is 18.9. The number of carbonyl (C=O) groups is 1. The summed E-state index contributed by atoms with van der Waals surface area (Å²) in [5, 5.41) is 7.10. The summed E-state index contributed by atoms with van der Waals surface area (Å²) in [6.07, 6.45) is 6.89. The number of carbonyl (C=O) groups excluding carboxylic acids is 1. The number of likely N-dealkylation sites (N-methyl/N-ethyl adjacent to an activating group) is 1. The molecular weight excluding hydrogens is 336 g/mol. The number of H-pyrrole nitrogens is 1. The number of likely N-dealkylation sites (tertiary alicyclic amines) is 2. The summed E-state index contributed by atoms with van der Waals surface area (Å²) in [6, 6.07) is 10.9. The topological polar surface area (TPSA) is 52.2 Å². The van der Waals surface area contributed by atoms with E-state index in [1.54, 1.807) is 6.20 Å². The first-order chi connectivity index (χ1) is 13.1. The zero-order valence-corrected chi connectivity index (χ0v) is 16.4. The number of piperidine rings is 1. The van der Waals surface area contributed by atoms with E-state index < -0.39 is 0 Å². The smallest absolute Gasteiger partial charge is 0.257 e. The molecule has 1 aromatic carbocycles. The normalized spacial score (nSPS) is 22.4. The van der Waals surface area contributed by atoms with Gasteiger partial charge in [0.1, 0.15) is 0 Å². The number of benzene rings is 1. The van der Waals surface area contributed by atoms with E-state index in [-0.39, 0.29) is 11.4 Å². The number of nitrogens with zero attached hydrogens (tertiary/aromatic N) is 3. The molecule has 3 heterocycles. The number of aromatic amines is 1. The molecule has 2 aliphatic heterocycles. The molecule has 0 radical (unpaired) electrons. The van der Waals surface area contributed by atoms with Gasteiger partial charge in [-0.2, -0.15) is 5.10 Å². The molecule has 2 saturated heterocycles. The van der Waals surface area contributed by atoms with Gasteiger partial charge in [0, 0.05) is 30.9 Å². The SMILES string of the molecule is CCCc1[nH]ncc1C(=O)N1CCC2(CC1)C[C@H](c1ccccc1)CN2C. The van der Waals surface area contributed by atoms with Gasteiger partial charge in [-0.15, -0.1) is 0 Å². The Morgan fingerprint density at radius 1 is 1.26 bits per heavy atom. The lowest BCUT2D eigenvalue weighted by atomic mass is 9.81. The fraction of sp³-hybridized carbons (Fsp3) is 0.545. The van der Waals surface area contributed by atoms with Gasteiger partial charge in [0.15, 0.2) is 0 Å². The highest BCUT2D eigenvalue weighted by Gasteiger charge is 2.46. The molecule has 1 N–H and O–H groups in total. The van der Waals surface area contributed by atoms with Gasteiger partial charge >= 0.3 is 0 Å². The molecule has 2 fully saturated rings. The minimum absolute atomic E-state index is 0.141. The van der Waals surface area contributed by atoms with Crippen molar-refractivity contribution in [3.8, 4) is 0 Å². The molecule has 0 aliphatic carbocycles. The van der Waals surface area contributed by atoms with E-state index in [0.29, 0.717) is 5.92 Å². The van der Waals surface area contributed by atoms with Gasteiger partial charge in [0.05, 0.1) is 11.8 Å². The van der Waals surface area contributed by atoms with Crippen LogP contribution in [-0.4, -0.2) is 58.1 Å². The molecule has 5 nitrogen and oxygen atoms in total. The predicted molar refractivity (Wildman–Crippen MR) is 107 cm³/mol. The Labute approximate surface area is 161 Å². The van der Waals surface area contributed by atoms with Crippen molar-refractivity contribution >= 4 is 5.91 Å². The quantitative estimate of drug-likeness (QED) is 0.902. The highest BCUT2D eigenvalue weighted by atomic mass is 16.2. The zero-order valence-electron chi connectivity index (χ0n) is 16.4. The first-order valence-corrected chi connectivity index (χ1v) is 10.2. The first-order valence-electron chi connectivity index (χ1n) is 10.2. The summed E-state index contributed by atoms with van der Waals surface area (Å²) in [5.74, 6) is 0.741. The third kappa shape index (κ3) is 3.41. The molecule has 1 aromatic heterocycles. The molecule has 144 valence electrons. The van der Waals surface area contributed by atoms with Gasteiger partial charge in [-0.3, -0.25) is 14.8 Å². The Morgan fingerprint density at radius 3 is 2.70 bits per heavy atom. The van der Waals surface area contributed by atoms with Gasteiger partial charge < -0.3 is 4.90 Å². The maximum Gasteiger partial charge on any atom is 0.257 e. The van der Waals surface area contributed by atoms with E-state index in [0.717, 1.165) is 56.6 Å². The highest BCUT2D eigenvalue weighted by molar-refractivity contribution is 5.95. The van der Waals surface area contributed by atoms with Crippen LogP contribution in [0.25, 0.3) is 0 Å². The maximum absolute atomic E-state index is 13.0. The second-order valence-corrected chi connectivity index (χ2v) is 8.22. The molecule has 1 atom stereocenters. The van der Waals surface area contributed by atoms with E-state index in [2.05, 4.69) is 59.4 Å². The van der Waals surface area contributed by atoms with Crippen LogP contribution in [0.4, 0.5) is 0 Å². The molecule has 27 heavy (non-hydrogen) atoms. The summed E-state index contributed by atoms with van der Waals surface area (Å²) in [4.78, 5) is 17.6. The Hall–Kier alpha value is -2.14. The molecule has 5 heteroatoms. The molecule has 1 spiro atoms. The summed E-state index contributed by atoms with van der Waals surface area (Å²) in [5.41, 5.74) is 3.42. The Bertz CT molecular complexity index is 777. The summed E-state index contributed by atoms with van der Waals surface area (Å²) in [7, 11) is 2.26. The average Bonchev–Trinajstić information content (AvgIpc) is 3.28. The highest BCUT2D eigenvalue weighted by Crippen LogP contribution is 2.44. The van der Waals surface area contributed by atoms with Crippen LogP contribution in [0, 0.1) is 0 Å². The molecule has 2 aliphatic rings. The van der Waals surface area contributed by atoms with Crippen molar-refractivity contribution in [1.29, 1.82) is 0 Å². The fourth-order valence-corrected chi connectivity index (χ4v) is 4.97. The van der Waals surface area contributed by atoms with Gasteiger partial charge in [0.2, 0.25) is 0 Å². The van der Waals surface area contributed by atoms with Crippen molar-refractivity contribution in [3.63, 3.8) is 0 Å². The number of hydrogen-bond donors (Lipinski definition) is 1. The van der Waals surface area contributed by atoms with Crippen molar-refractivity contribution in [3.05, 3.63) is 53.3 Å². The lowest BCUT2D eigenvalue weighted by Gasteiger charge is -2.43. The van der Waals surface area contributed by atoms with Crippen molar-refractivity contribution < 1.29 is 4.79 Å². The number of rotatable bonds is 4. The lowest BCUT2D eigenvalue weighted by Crippen LogP contribution is -2.52. The lowest BCUT2D eigenvalue weighted by molar-refractivity contribution is 0.0491. The largest absolute Gasteiger partial charge is 0.338 e. The van der Waals surface area contributed by atoms with Crippen LogP contribution in [0.15, 0.2) is 36.5 Å². The molecule has 0 unspecified atom stereocenters. The van der Waals surface area contributed by atoms with Gasteiger partial charge in [-0.05, 0) is 44.2 Å². The Balaban J connectivity index is 1.42. The third-order valence-electron chi connectivity index (χ3n) is 6.63. The van der Waals surface area contributed by atoms with Crippen LogP contribution in [0.1, 0.15) is 60.1 Å². The van der Waals surface area contributed by atoms with E-state index in [1.807, 2.05) is 4.90 Å². The van der Waals surface area contributed by atoms with Crippen molar-refractivity contribution in [2.45, 2.75) is 50.5 Å². The van der Waals surface area contributed by atoms with Crippen LogP contribution in [0.5, 0.6) is 0 Å². The van der Waals surface area contributed by atoms with Crippen LogP contribution < -0.4 is 0 Å². The number of nitrogens with one attached hydrogen (secondary N) is 1. The Kier molecular flexibility index (Phi) is 5.04. The van der Waals surface area contributed by atoms with E-state index >= 15 is 0 Å². The van der Waals surface area contributed by atoms with E-state index in [9.17, 15) is 4.79 Å². The Morgan fingerprint density at radius 2 is 2.00 bits per heavy atom. The average molecular weight is 367 g/mol. The number of hydrogen-bond acceptors (Lipinski definition) is 3. The van der Waals surface area contributed by atoms with Gasteiger partial charge in [0.25, 0.3) is 5.91 Å². The molecule has 2 aromatic rings.